The van der Waals surface area contributed by atoms with Crippen LogP contribution >= 0.6 is 22.9 Å². The third-order valence-electron chi connectivity index (χ3n) is 5.63. The van der Waals surface area contributed by atoms with Gasteiger partial charge in [0.15, 0.2) is 0 Å². The first-order valence-electron chi connectivity index (χ1n) is 10.0. The zero-order valence-corrected chi connectivity index (χ0v) is 17.6. The van der Waals surface area contributed by atoms with Gasteiger partial charge in [-0.05, 0) is 49.2 Å². The minimum absolute atomic E-state index is 0.101. The molecule has 148 valence electrons. The van der Waals surface area contributed by atoms with E-state index in [4.69, 9.17) is 16.6 Å². The average Bonchev–Trinajstić information content (AvgIpc) is 3.51. The molecule has 3 aromatic rings. The van der Waals surface area contributed by atoms with Crippen molar-refractivity contribution >= 4 is 34.5 Å². The second-order valence-electron chi connectivity index (χ2n) is 7.68. The Morgan fingerprint density at radius 3 is 2.31 bits per heavy atom. The number of benzene rings is 2. The number of piperazine rings is 1. The van der Waals surface area contributed by atoms with E-state index >= 15 is 0 Å². The van der Waals surface area contributed by atoms with E-state index in [0.29, 0.717) is 5.92 Å². The van der Waals surface area contributed by atoms with E-state index in [1.807, 2.05) is 53.4 Å². The first-order valence-corrected chi connectivity index (χ1v) is 11.3. The lowest BCUT2D eigenvalue weighted by Gasteiger charge is -2.36. The van der Waals surface area contributed by atoms with Crippen molar-refractivity contribution in [2.24, 2.45) is 0 Å². The molecule has 1 saturated heterocycles. The lowest BCUT2D eigenvalue weighted by molar-refractivity contribution is 0.0747. The van der Waals surface area contributed by atoms with Crippen molar-refractivity contribution < 1.29 is 4.79 Å². The molecule has 0 N–H and O–H groups in total. The summed E-state index contributed by atoms with van der Waals surface area (Å²) in [7, 11) is 0. The zero-order valence-electron chi connectivity index (χ0n) is 16.1. The van der Waals surface area contributed by atoms with Crippen LogP contribution in [0, 0.1) is 0 Å². The molecule has 0 bridgehead atoms. The van der Waals surface area contributed by atoms with Gasteiger partial charge in [-0.3, -0.25) is 4.79 Å². The molecule has 5 rings (SSSR count). The number of amides is 1. The van der Waals surface area contributed by atoms with Crippen molar-refractivity contribution in [3.05, 3.63) is 69.5 Å². The summed E-state index contributed by atoms with van der Waals surface area (Å²) in [5.41, 5.74) is 4.00. The molecule has 2 aliphatic rings. The molecule has 2 heterocycles. The van der Waals surface area contributed by atoms with Crippen molar-refractivity contribution in [1.29, 1.82) is 0 Å². The number of thiazole rings is 1. The Kier molecular flexibility index (Phi) is 5.02. The molecule has 29 heavy (non-hydrogen) atoms. The normalized spacial score (nSPS) is 16.9. The van der Waals surface area contributed by atoms with Gasteiger partial charge in [-0.1, -0.05) is 23.7 Å². The summed E-state index contributed by atoms with van der Waals surface area (Å²) in [6.45, 7) is 3.10. The maximum atomic E-state index is 12.9. The first-order chi connectivity index (χ1) is 14.2. The SMILES string of the molecule is O=C(c1ccc(-c2csc(C3CC3)n2)cc1)N1CCN(c2ccc(Cl)cc2)CC1. The molecule has 0 radical (unpaired) electrons. The third kappa shape index (κ3) is 4.02. The first kappa shape index (κ1) is 18.6. The van der Waals surface area contributed by atoms with Crippen LogP contribution in [0.1, 0.15) is 34.1 Å². The van der Waals surface area contributed by atoms with Gasteiger partial charge in [0.1, 0.15) is 0 Å². The summed E-state index contributed by atoms with van der Waals surface area (Å²) in [6, 6.07) is 15.8. The fourth-order valence-electron chi connectivity index (χ4n) is 3.72. The lowest BCUT2D eigenvalue weighted by atomic mass is 10.1. The number of nitrogens with zero attached hydrogens (tertiary/aromatic N) is 3. The highest BCUT2D eigenvalue weighted by atomic mass is 35.5. The Morgan fingerprint density at radius 2 is 1.66 bits per heavy atom. The second-order valence-corrected chi connectivity index (χ2v) is 9.00. The lowest BCUT2D eigenvalue weighted by Crippen LogP contribution is -2.48. The second kappa shape index (κ2) is 7.81. The van der Waals surface area contributed by atoms with Crippen LogP contribution in [0.25, 0.3) is 11.3 Å². The zero-order chi connectivity index (χ0) is 19.8. The summed E-state index contributed by atoms with van der Waals surface area (Å²) in [4.78, 5) is 21.9. The smallest absolute Gasteiger partial charge is 0.253 e. The van der Waals surface area contributed by atoms with Gasteiger partial charge in [0.05, 0.1) is 10.7 Å². The van der Waals surface area contributed by atoms with Crippen molar-refractivity contribution in [2.45, 2.75) is 18.8 Å². The van der Waals surface area contributed by atoms with E-state index in [1.54, 1.807) is 11.3 Å². The molecule has 4 nitrogen and oxygen atoms in total. The van der Waals surface area contributed by atoms with Gasteiger partial charge >= 0.3 is 0 Å². The molecule has 2 aromatic carbocycles. The summed E-state index contributed by atoms with van der Waals surface area (Å²) in [5.74, 6) is 0.783. The molecule has 1 saturated carbocycles. The van der Waals surface area contributed by atoms with Crippen LogP contribution in [0.5, 0.6) is 0 Å². The van der Waals surface area contributed by atoms with Crippen LogP contribution in [0.4, 0.5) is 5.69 Å². The van der Waals surface area contributed by atoms with Crippen LogP contribution in [-0.2, 0) is 0 Å². The Balaban J connectivity index is 1.22. The fourth-order valence-corrected chi connectivity index (χ4v) is 4.85. The van der Waals surface area contributed by atoms with Crippen LogP contribution in [0.3, 0.4) is 0 Å². The quantitative estimate of drug-likeness (QED) is 0.571. The van der Waals surface area contributed by atoms with Gasteiger partial charge in [-0.15, -0.1) is 11.3 Å². The molecule has 0 atom stereocenters. The highest BCUT2D eigenvalue weighted by Gasteiger charge is 2.27. The molecule has 1 aliphatic heterocycles. The van der Waals surface area contributed by atoms with Crippen molar-refractivity contribution in [3.63, 3.8) is 0 Å². The van der Waals surface area contributed by atoms with E-state index in [9.17, 15) is 4.79 Å². The predicted molar refractivity (Wildman–Crippen MR) is 119 cm³/mol. The van der Waals surface area contributed by atoms with E-state index in [1.165, 1.54) is 17.8 Å². The largest absolute Gasteiger partial charge is 0.368 e. The van der Waals surface area contributed by atoms with Crippen LogP contribution in [0.2, 0.25) is 5.02 Å². The number of halogens is 1. The van der Waals surface area contributed by atoms with Crippen LogP contribution < -0.4 is 4.90 Å². The molecule has 6 heteroatoms. The summed E-state index contributed by atoms with van der Waals surface area (Å²) in [6.07, 6.45) is 2.54. The van der Waals surface area contributed by atoms with Crippen molar-refractivity contribution in [2.75, 3.05) is 31.1 Å². The summed E-state index contributed by atoms with van der Waals surface area (Å²) < 4.78 is 0. The van der Waals surface area contributed by atoms with Gasteiger partial charge in [0, 0.05) is 59.3 Å². The van der Waals surface area contributed by atoms with E-state index in [0.717, 1.165) is 53.7 Å². The van der Waals surface area contributed by atoms with Gasteiger partial charge in [0.25, 0.3) is 5.91 Å². The Hall–Kier alpha value is -2.37. The predicted octanol–water partition coefficient (Wildman–Crippen LogP) is 5.30. The number of rotatable bonds is 4. The maximum Gasteiger partial charge on any atom is 0.253 e. The number of anilines is 1. The van der Waals surface area contributed by atoms with E-state index in [-0.39, 0.29) is 5.91 Å². The van der Waals surface area contributed by atoms with Crippen molar-refractivity contribution in [3.8, 4) is 11.3 Å². The molecule has 1 amide bonds. The molecule has 1 aliphatic carbocycles. The minimum Gasteiger partial charge on any atom is -0.368 e. The van der Waals surface area contributed by atoms with Gasteiger partial charge in [0.2, 0.25) is 0 Å². The Bertz CT molecular complexity index is 1000. The topological polar surface area (TPSA) is 36.4 Å². The van der Waals surface area contributed by atoms with E-state index in [2.05, 4.69) is 10.3 Å². The number of carbonyl (C=O) groups excluding carboxylic acids is 1. The van der Waals surface area contributed by atoms with Gasteiger partial charge < -0.3 is 9.80 Å². The highest BCUT2D eigenvalue weighted by Crippen LogP contribution is 2.42. The average molecular weight is 424 g/mol. The molecule has 0 spiro atoms. The van der Waals surface area contributed by atoms with Crippen molar-refractivity contribution in [1.82, 2.24) is 9.88 Å². The van der Waals surface area contributed by atoms with E-state index < -0.39 is 0 Å². The molecule has 1 aromatic heterocycles. The number of carbonyl (C=O) groups is 1. The summed E-state index contributed by atoms with van der Waals surface area (Å²) in [5, 5.41) is 4.12. The highest BCUT2D eigenvalue weighted by molar-refractivity contribution is 7.10. The fraction of sp³-hybridized carbons (Fsp3) is 0.304. The number of aromatic nitrogens is 1. The molecular weight excluding hydrogens is 402 g/mol. The number of hydrogen-bond donors (Lipinski definition) is 0. The van der Waals surface area contributed by atoms with Gasteiger partial charge in [-0.2, -0.15) is 0 Å². The molecule has 0 unspecified atom stereocenters. The number of hydrogen-bond acceptors (Lipinski definition) is 4. The molecule has 2 fully saturated rings. The van der Waals surface area contributed by atoms with Gasteiger partial charge in [-0.25, -0.2) is 4.98 Å². The Morgan fingerprint density at radius 1 is 0.966 bits per heavy atom. The minimum atomic E-state index is 0.101. The summed E-state index contributed by atoms with van der Waals surface area (Å²) >= 11 is 7.73. The standard InChI is InChI=1S/C23H22ClN3OS/c24-19-7-9-20(10-8-19)26-11-13-27(14-12-26)23(28)18-5-1-16(2-6-18)21-15-29-22(25-21)17-3-4-17/h1-2,5-10,15,17H,3-4,11-14H2. The van der Waals surface area contributed by atoms with Crippen LogP contribution in [-0.4, -0.2) is 42.0 Å². The third-order valence-corrected chi connectivity index (χ3v) is 6.89. The van der Waals surface area contributed by atoms with Crippen LogP contribution in [0.15, 0.2) is 53.9 Å². The molecular formula is C23H22ClN3OS. The monoisotopic (exact) mass is 423 g/mol. The Labute approximate surface area is 179 Å². The maximum absolute atomic E-state index is 12.9.